The third kappa shape index (κ3) is 2.85. The van der Waals surface area contributed by atoms with Gasteiger partial charge in [0.25, 0.3) is 0 Å². The molecule has 0 aromatic heterocycles. The first-order valence-electron chi connectivity index (χ1n) is 5.78. The van der Waals surface area contributed by atoms with Gasteiger partial charge in [-0.25, -0.2) is 0 Å². The SMILES string of the molecule is O=C1CCCCN1CCc1ccccc1Br. The Morgan fingerprint density at radius 2 is 2.06 bits per heavy atom. The molecule has 1 saturated heterocycles. The summed E-state index contributed by atoms with van der Waals surface area (Å²) in [6.45, 7) is 1.78. The molecule has 2 rings (SSSR count). The number of hydrogen-bond acceptors (Lipinski definition) is 1. The molecule has 0 N–H and O–H groups in total. The van der Waals surface area contributed by atoms with E-state index in [2.05, 4.69) is 22.0 Å². The number of benzene rings is 1. The van der Waals surface area contributed by atoms with Crippen molar-refractivity contribution in [3.05, 3.63) is 34.3 Å². The summed E-state index contributed by atoms with van der Waals surface area (Å²) in [4.78, 5) is 13.6. The zero-order chi connectivity index (χ0) is 11.4. The number of rotatable bonds is 3. The van der Waals surface area contributed by atoms with Gasteiger partial charge >= 0.3 is 0 Å². The average molecular weight is 282 g/mol. The Balaban J connectivity index is 1.92. The van der Waals surface area contributed by atoms with Crippen LogP contribution in [0.5, 0.6) is 0 Å². The molecular formula is C13H16BrNO. The predicted molar refractivity (Wildman–Crippen MR) is 68.3 cm³/mol. The number of likely N-dealkylation sites (tertiary alicyclic amines) is 1. The Bertz CT molecular complexity index is 378. The molecule has 86 valence electrons. The number of amides is 1. The average Bonchev–Trinajstić information content (AvgIpc) is 2.30. The zero-order valence-electron chi connectivity index (χ0n) is 9.29. The lowest BCUT2D eigenvalue weighted by molar-refractivity contribution is -0.133. The Kier molecular flexibility index (Phi) is 3.99. The third-order valence-corrected chi connectivity index (χ3v) is 3.80. The first kappa shape index (κ1) is 11.6. The monoisotopic (exact) mass is 281 g/mol. The molecule has 1 aromatic rings. The van der Waals surface area contributed by atoms with Gasteiger partial charge < -0.3 is 4.90 Å². The van der Waals surface area contributed by atoms with E-state index in [1.54, 1.807) is 0 Å². The summed E-state index contributed by atoms with van der Waals surface area (Å²) in [5.74, 6) is 0.318. The van der Waals surface area contributed by atoms with Crippen LogP contribution in [0.3, 0.4) is 0 Å². The Morgan fingerprint density at radius 1 is 1.25 bits per heavy atom. The fourth-order valence-electron chi connectivity index (χ4n) is 2.05. The minimum Gasteiger partial charge on any atom is -0.342 e. The van der Waals surface area contributed by atoms with Crippen molar-refractivity contribution in [1.82, 2.24) is 4.90 Å². The van der Waals surface area contributed by atoms with Crippen LogP contribution in [0, 0.1) is 0 Å². The number of carbonyl (C=O) groups excluding carboxylic acids is 1. The van der Waals surface area contributed by atoms with Gasteiger partial charge in [0.2, 0.25) is 5.91 Å². The first-order chi connectivity index (χ1) is 7.77. The Labute approximate surface area is 105 Å². The van der Waals surface area contributed by atoms with E-state index >= 15 is 0 Å². The molecule has 0 atom stereocenters. The normalized spacial score (nSPS) is 16.6. The van der Waals surface area contributed by atoms with Gasteiger partial charge in [-0.1, -0.05) is 34.1 Å². The maximum absolute atomic E-state index is 11.6. The summed E-state index contributed by atoms with van der Waals surface area (Å²) in [6.07, 6.45) is 3.88. The van der Waals surface area contributed by atoms with E-state index < -0.39 is 0 Å². The van der Waals surface area contributed by atoms with E-state index in [0.717, 1.165) is 43.2 Å². The van der Waals surface area contributed by atoms with E-state index in [9.17, 15) is 4.79 Å². The standard InChI is InChI=1S/C13H16BrNO/c14-12-6-2-1-5-11(12)8-10-15-9-4-3-7-13(15)16/h1-2,5-6H,3-4,7-10H2. The second-order valence-corrected chi connectivity index (χ2v) is 5.03. The lowest BCUT2D eigenvalue weighted by atomic mass is 10.1. The van der Waals surface area contributed by atoms with Crippen LogP contribution in [0.1, 0.15) is 24.8 Å². The van der Waals surface area contributed by atoms with Crippen molar-refractivity contribution in [3.8, 4) is 0 Å². The van der Waals surface area contributed by atoms with E-state index in [1.807, 2.05) is 23.1 Å². The van der Waals surface area contributed by atoms with Crippen molar-refractivity contribution < 1.29 is 4.79 Å². The number of carbonyl (C=O) groups is 1. The van der Waals surface area contributed by atoms with Gasteiger partial charge in [0, 0.05) is 24.0 Å². The van der Waals surface area contributed by atoms with Crippen LogP contribution in [-0.2, 0) is 11.2 Å². The molecule has 1 aliphatic heterocycles. The summed E-state index contributed by atoms with van der Waals surface area (Å²) in [6, 6.07) is 8.21. The summed E-state index contributed by atoms with van der Waals surface area (Å²) in [5.41, 5.74) is 1.28. The highest BCUT2D eigenvalue weighted by Gasteiger charge is 2.17. The number of nitrogens with zero attached hydrogens (tertiary/aromatic N) is 1. The van der Waals surface area contributed by atoms with Crippen molar-refractivity contribution in [2.24, 2.45) is 0 Å². The van der Waals surface area contributed by atoms with E-state index in [-0.39, 0.29) is 0 Å². The van der Waals surface area contributed by atoms with E-state index in [4.69, 9.17) is 0 Å². The van der Waals surface area contributed by atoms with Crippen molar-refractivity contribution in [2.45, 2.75) is 25.7 Å². The van der Waals surface area contributed by atoms with Crippen LogP contribution < -0.4 is 0 Å². The zero-order valence-corrected chi connectivity index (χ0v) is 10.9. The maximum atomic E-state index is 11.6. The van der Waals surface area contributed by atoms with Crippen molar-refractivity contribution in [3.63, 3.8) is 0 Å². The molecule has 3 heteroatoms. The summed E-state index contributed by atoms with van der Waals surface area (Å²) < 4.78 is 1.14. The molecule has 0 aliphatic carbocycles. The Morgan fingerprint density at radius 3 is 2.81 bits per heavy atom. The number of piperidine rings is 1. The van der Waals surface area contributed by atoms with Crippen LogP contribution in [0.25, 0.3) is 0 Å². The molecule has 0 bridgehead atoms. The summed E-state index contributed by atoms with van der Waals surface area (Å²) in [5, 5.41) is 0. The molecule has 1 aliphatic rings. The van der Waals surface area contributed by atoms with Crippen LogP contribution in [-0.4, -0.2) is 23.9 Å². The number of hydrogen-bond donors (Lipinski definition) is 0. The van der Waals surface area contributed by atoms with Gasteiger partial charge in [0.15, 0.2) is 0 Å². The molecule has 1 aromatic carbocycles. The highest BCUT2D eigenvalue weighted by Crippen LogP contribution is 2.18. The quantitative estimate of drug-likeness (QED) is 0.834. The van der Waals surface area contributed by atoms with Gasteiger partial charge in [-0.3, -0.25) is 4.79 Å². The second kappa shape index (κ2) is 5.48. The summed E-state index contributed by atoms with van der Waals surface area (Å²) >= 11 is 3.53. The third-order valence-electron chi connectivity index (χ3n) is 3.03. The van der Waals surface area contributed by atoms with E-state index in [1.165, 1.54) is 5.56 Å². The fraction of sp³-hybridized carbons (Fsp3) is 0.462. The molecule has 0 radical (unpaired) electrons. The highest BCUT2D eigenvalue weighted by molar-refractivity contribution is 9.10. The molecule has 1 fully saturated rings. The predicted octanol–water partition coefficient (Wildman–Crippen LogP) is 3.00. The lowest BCUT2D eigenvalue weighted by Gasteiger charge is -2.26. The molecule has 0 spiro atoms. The smallest absolute Gasteiger partial charge is 0.222 e. The molecule has 1 amide bonds. The van der Waals surface area contributed by atoms with Crippen LogP contribution in [0.4, 0.5) is 0 Å². The van der Waals surface area contributed by atoms with Gasteiger partial charge in [0.1, 0.15) is 0 Å². The second-order valence-electron chi connectivity index (χ2n) is 4.18. The number of halogens is 1. The molecule has 16 heavy (non-hydrogen) atoms. The van der Waals surface area contributed by atoms with Crippen molar-refractivity contribution >= 4 is 21.8 Å². The van der Waals surface area contributed by atoms with Crippen LogP contribution in [0.15, 0.2) is 28.7 Å². The largest absolute Gasteiger partial charge is 0.342 e. The van der Waals surface area contributed by atoms with Crippen molar-refractivity contribution in [2.75, 3.05) is 13.1 Å². The van der Waals surface area contributed by atoms with Gasteiger partial charge in [-0.05, 0) is 30.9 Å². The van der Waals surface area contributed by atoms with Gasteiger partial charge in [-0.2, -0.15) is 0 Å². The van der Waals surface area contributed by atoms with Crippen LogP contribution >= 0.6 is 15.9 Å². The lowest BCUT2D eigenvalue weighted by Crippen LogP contribution is -2.36. The molecule has 0 saturated carbocycles. The minimum absolute atomic E-state index is 0.318. The van der Waals surface area contributed by atoms with Crippen LogP contribution in [0.2, 0.25) is 0 Å². The summed E-state index contributed by atoms with van der Waals surface area (Å²) in [7, 11) is 0. The van der Waals surface area contributed by atoms with E-state index in [0.29, 0.717) is 5.91 Å². The van der Waals surface area contributed by atoms with Gasteiger partial charge in [0.05, 0.1) is 0 Å². The molecule has 1 heterocycles. The molecular weight excluding hydrogens is 266 g/mol. The fourth-order valence-corrected chi connectivity index (χ4v) is 2.54. The molecule has 2 nitrogen and oxygen atoms in total. The Hall–Kier alpha value is -0.830. The highest BCUT2D eigenvalue weighted by atomic mass is 79.9. The van der Waals surface area contributed by atoms with Gasteiger partial charge in [-0.15, -0.1) is 0 Å². The maximum Gasteiger partial charge on any atom is 0.222 e. The topological polar surface area (TPSA) is 20.3 Å². The van der Waals surface area contributed by atoms with Crippen molar-refractivity contribution in [1.29, 1.82) is 0 Å². The molecule has 0 unspecified atom stereocenters. The first-order valence-corrected chi connectivity index (χ1v) is 6.58. The minimum atomic E-state index is 0.318.